The zero-order valence-corrected chi connectivity index (χ0v) is 12.5. The monoisotopic (exact) mass is 299 g/mol. The summed E-state index contributed by atoms with van der Waals surface area (Å²) < 4.78 is 26.6. The first-order valence-electron chi connectivity index (χ1n) is 6.56. The molecule has 0 aliphatic carbocycles. The highest BCUT2D eigenvalue weighted by Crippen LogP contribution is 2.12. The second-order valence-electron chi connectivity index (χ2n) is 5.58. The molecule has 0 saturated heterocycles. The molecule has 2 amide bonds. The van der Waals surface area contributed by atoms with Crippen LogP contribution in [0.2, 0.25) is 0 Å². The topological polar surface area (TPSA) is 62.3 Å². The minimum absolute atomic E-state index is 0.194. The lowest BCUT2D eigenvalue weighted by Crippen LogP contribution is -2.47. The summed E-state index contributed by atoms with van der Waals surface area (Å²) in [6, 6.07) is 1.09. The van der Waals surface area contributed by atoms with Crippen LogP contribution in [0.25, 0.3) is 0 Å². The number of pyridine rings is 1. The number of carbonyl (C=O) groups excluding carboxylic acids is 2. The van der Waals surface area contributed by atoms with Crippen molar-refractivity contribution < 1.29 is 18.4 Å². The predicted octanol–water partition coefficient (Wildman–Crippen LogP) is 1.74. The Balaban J connectivity index is 2.87. The van der Waals surface area contributed by atoms with Gasteiger partial charge in [-0.2, -0.15) is 4.39 Å². The molecule has 0 fully saturated rings. The van der Waals surface area contributed by atoms with Crippen LogP contribution in [0.5, 0.6) is 0 Å². The average molecular weight is 299 g/mol. The first kappa shape index (κ1) is 17.0. The van der Waals surface area contributed by atoms with Crippen molar-refractivity contribution in [2.24, 2.45) is 0 Å². The second-order valence-corrected chi connectivity index (χ2v) is 5.58. The molecule has 0 radical (unpaired) electrons. The van der Waals surface area contributed by atoms with Gasteiger partial charge in [0.1, 0.15) is 0 Å². The summed E-state index contributed by atoms with van der Waals surface area (Å²) >= 11 is 0. The van der Waals surface area contributed by atoms with Crippen LogP contribution in [-0.4, -0.2) is 40.3 Å². The van der Waals surface area contributed by atoms with Gasteiger partial charge in [-0.05, 0) is 33.8 Å². The normalized spacial score (nSPS) is 11.1. The molecule has 1 aromatic heterocycles. The van der Waals surface area contributed by atoms with Crippen LogP contribution in [0, 0.1) is 11.8 Å². The van der Waals surface area contributed by atoms with Crippen molar-refractivity contribution in [3.63, 3.8) is 0 Å². The van der Waals surface area contributed by atoms with Crippen LogP contribution in [-0.2, 0) is 4.79 Å². The lowest BCUT2D eigenvalue weighted by Gasteiger charge is -2.25. The molecule has 0 aromatic carbocycles. The molecule has 21 heavy (non-hydrogen) atoms. The van der Waals surface area contributed by atoms with Gasteiger partial charge in [-0.3, -0.25) is 9.59 Å². The molecule has 0 bridgehead atoms. The van der Waals surface area contributed by atoms with Crippen molar-refractivity contribution in [1.29, 1.82) is 0 Å². The van der Waals surface area contributed by atoms with E-state index in [9.17, 15) is 18.4 Å². The van der Waals surface area contributed by atoms with Crippen molar-refractivity contribution >= 4 is 11.8 Å². The van der Waals surface area contributed by atoms with E-state index in [-0.39, 0.29) is 19.0 Å². The highest BCUT2D eigenvalue weighted by atomic mass is 19.2. The lowest BCUT2D eigenvalue weighted by atomic mass is 10.1. The van der Waals surface area contributed by atoms with Gasteiger partial charge in [-0.25, -0.2) is 9.37 Å². The lowest BCUT2D eigenvalue weighted by molar-refractivity contribution is -0.123. The van der Waals surface area contributed by atoms with Crippen molar-refractivity contribution in [2.75, 3.05) is 13.1 Å². The van der Waals surface area contributed by atoms with Gasteiger partial charge in [0.15, 0.2) is 5.82 Å². The van der Waals surface area contributed by atoms with E-state index in [4.69, 9.17) is 0 Å². The quantitative estimate of drug-likeness (QED) is 0.861. The molecule has 0 unspecified atom stereocenters. The van der Waals surface area contributed by atoms with Gasteiger partial charge in [0.05, 0.1) is 12.1 Å². The van der Waals surface area contributed by atoms with E-state index in [0.717, 1.165) is 17.2 Å². The number of amides is 2. The Morgan fingerprint density at radius 3 is 2.48 bits per heavy atom. The smallest absolute Gasteiger partial charge is 0.257 e. The van der Waals surface area contributed by atoms with Crippen LogP contribution in [0.15, 0.2) is 12.3 Å². The molecule has 1 rings (SSSR count). The Bertz CT molecular complexity index is 542. The van der Waals surface area contributed by atoms with Gasteiger partial charge >= 0.3 is 0 Å². The zero-order chi connectivity index (χ0) is 16.2. The molecule has 5 nitrogen and oxygen atoms in total. The maximum Gasteiger partial charge on any atom is 0.257 e. The number of nitrogens with one attached hydrogen (secondary N) is 1. The van der Waals surface area contributed by atoms with Gasteiger partial charge in [0.25, 0.3) is 5.91 Å². The fraction of sp³-hybridized carbons (Fsp3) is 0.500. The van der Waals surface area contributed by atoms with Gasteiger partial charge in [-0.15, -0.1) is 0 Å². The number of hydrogen-bond donors (Lipinski definition) is 1. The van der Waals surface area contributed by atoms with Crippen LogP contribution in [0.4, 0.5) is 8.78 Å². The number of likely N-dealkylation sites (N-methyl/N-ethyl adjacent to an activating group) is 1. The van der Waals surface area contributed by atoms with Crippen LogP contribution in [0.3, 0.4) is 0 Å². The summed E-state index contributed by atoms with van der Waals surface area (Å²) in [5, 5.41) is 2.70. The van der Waals surface area contributed by atoms with Crippen molar-refractivity contribution in [3.05, 3.63) is 29.6 Å². The van der Waals surface area contributed by atoms with Gasteiger partial charge in [0.2, 0.25) is 11.9 Å². The van der Waals surface area contributed by atoms with E-state index in [1.165, 1.54) is 0 Å². The number of rotatable bonds is 4. The summed E-state index contributed by atoms with van der Waals surface area (Å²) in [5.74, 6) is -3.76. The zero-order valence-electron chi connectivity index (χ0n) is 12.5. The number of aromatic nitrogens is 1. The third kappa shape index (κ3) is 4.77. The predicted molar refractivity (Wildman–Crippen MR) is 73.6 cm³/mol. The van der Waals surface area contributed by atoms with Gasteiger partial charge in [0, 0.05) is 18.3 Å². The fourth-order valence-corrected chi connectivity index (χ4v) is 1.71. The van der Waals surface area contributed by atoms with Gasteiger partial charge in [-0.1, -0.05) is 0 Å². The first-order valence-corrected chi connectivity index (χ1v) is 6.56. The molecule has 1 aromatic rings. The molecule has 0 atom stereocenters. The molecule has 1 heterocycles. The number of halogens is 2. The third-order valence-electron chi connectivity index (χ3n) is 2.59. The van der Waals surface area contributed by atoms with E-state index < -0.39 is 28.8 Å². The maximum atomic E-state index is 13.6. The van der Waals surface area contributed by atoms with Crippen molar-refractivity contribution in [3.8, 4) is 0 Å². The van der Waals surface area contributed by atoms with E-state index >= 15 is 0 Å². The summed E-state index contributed by atoms with van der Waals surface area (Å²) in [7, 11) is 0. The van der Waals surface area contributed by atoms with Crippen molar-refractivity contribution in [1.82, 2.24) is 15.2 Å². The Labute approximate surface area is 122 Å². The SMILES string of the molecule is CCN(CC(=O)NC(C)(C)C)C(=O)c1ccnc(F)c1F. The highest BCUT2D eigenvalue weighted by molar-refractivity contribution is 5.96. The molecule has 0 spiro atoms. The summed E-state index contributed by atoms with van der Waals surface area (Å²) in [6.07, 6.45) is 1.01. The second kappa shape index (κ2) is 6.60. The fourth-order valence-electron chi connectivity index (χ4n) is 1.71. The summed E-state index contributed by atoms with van der Waals surface area (Å²) in [5.41, 5.74) is -0.874. The number of nitrogens with zero attached hydrogens (tertiary/aromatic N) is 2. The van der Waals surface area contributed by atoms with Gasteiger partial charge < -0.3 is 10.2 Å². The Hall–Kier alpha value is -2.05. The Morgan fingerprint density at radius 1 is 1.33 bits per heavy atom. The summed E-state index contributed by atoms with van der Waals surface area (Å²) in [4.78, 5) is 28.3. The Kier molecular flexibility index (Phi) is 5.34. The van der Waals surface area contributed by atoms with Crippen LogP contribution < -0.4 is 5.32 Å². The first-order chi connectivity index (χ1) is 9.65. The third-order valence-corrected chi connectivity index (χ3v) is 2.59. The molecule has 7 heteroatoms. The molecule has 0 aliphatic rings. The van der Waals surface area contributed by atoms with E-state index in [2.05, 4.69) is 10.3 Å². The van der Waals surface area contributed by atoms with Crippen LogP contribution >= 0.6 is 0 Å². The number of hydrogen-bond acceptors (Lipinski definition) is 3. The highest BCUT2D eigenvalue weighted by Gasteiger charge is 2.24. The minimum Gasteiger partial charge on any atom is -0.350 e. The standard InChI is InChI=1S/C14H19F2N3O2/c1-5-19(8-10(20)18-14(2,3)4)13(21)9-6-7-17-12(16)11(9)15/h6-7H,5,8H2,1-4H3,(H,18,20). The molecule has 0 saturated carbocycles. The average Bonchev–Trinajstić information content (AvgIpc) is 2.36. The molecule has 116 valence electrons. The number of carbonyl (C=O) groups is 2. The minimum atomic E-state index is -1.34. The summed E-state index contributed by atoms with van der Waals surface area (Å²) in [6.45, 7) is 7.04. The largest absolute Gasteiger partial charge is 0.350 e. The van der Waals surface area contributed by atoms with E-state index in [0.29, 0.717) is 0 Å². The van der Waals surface area contributed by atoms with E-state index in [1.807, 2.05) is 0 Å². The Morgan fingerprint density at radius 2 is 1.95 bits per heavy atom. The molecular formula is C14H19F2N3O2. The van der Waals surface area contributed by atoms with Crippen molar-refractivity contribution in [2.45, 2.75) is 33.2 Å². The molecule has 1 N–H and O–H groups in total. The molecular weight excluding hydrogens is 280 g/mol. The van der Waals surface area contributed by atoms with E-state index in [1.54, 1.807) is 27.7 Å². The molecule has 0 aliphatic heterocycles. The maximum absolute atomic E-state index is 13.6. The van der Waals surface area contributed by atoms with Crippen LogP contribution in [0.1, 0.15) is 38.1 Å².